The zero-order valence-corrected chi connectivity index (χ0v) is 25.8. The summed E-state index contributed by atoms with van der Waals surface area (Å²) in [5, 5.41) is 10.2. The van der Waals surface area contributed by atoms with Gasteiger partial charge in [0.2, 0.25) is 10.0 Å². The van der Waals surface area contributed by atoms with Crippen molar-refractivity contribution in [2.24, 2.45) is 0 Å². The summed E-state index contributed by atoms with van der Waals surface area (Å²) in [5.41, 5.74) is 2.44. The summed E-state index contributed by atoms with van der Waals surface area (Å²) in [4.78, 5) is 30.8. The van der Waals surface area contributed by atoms with Gasteiger partial charge < -0.3 is 18.8 Å². The number of rotatable bonds is 5. The largest absolute Gasteiger partial charge is 0.470 e. The Kier molecular flexibility index (Phi) is 6.79. The highest BCUT2D eigenvalue weighted by Gasteiger charge is 2.31. The van der Waals surface area contributed by atoms with Crippen molar-refractivity contribution in [1.82, 2.24) is 14.5 Å². The fraction of sp³-hybridized carbons (Fsp3) is 0.121. The number of ether oxygens (including phenoxy) is 1. The number of sulfonamides is 1. The Hall–Kier alpha value is -5.76. The second kappa shape index (κ2) is 10.7. The fourth-order valence-electron chi connectivity index (χ4n) is 5.66. The number of carbonyl (C=O) groups is 2. The summed E-state index contributed by atoms with van der Waals surface area (Å²) in [5.74, 6) is -1.50. The lowest BCUT2D eigenvalue weighted by atomic mass is 10.00. The molecule has 0 saturated heterocycles. The zero-order chi connectivity index (χ0) is 33.4. The van der Waals surface area contributed by atoms with E-state index in [9.17, 15) is 31.9 Å². The quantitative estimate of drug-likeness (QED) is 0.220. The Morgan fingerprint density at radius 3 is 2.43 bits per heavy atom. The summed E-state index contributed by atoms with van der Waals surface area (Å²) in [7, 11) is -1.42. The van der Waals surface area contributed by atoms with Gasteiger partial charge in [-0.05, 0) is 60.7 Å². The average Bonchev–Trinajstić information content (AvgIpc) is 3.62. The molecule has 2 amide bonds. The van der Waals surface area contributed by atoms with Crippen LogP contribution in [0.5, 0.6) is 5.75 Å². The molecule has 0 unspecified atom stereocenters. The number of carboxylic acid groups (broad SMARTS) is 1. The number of halogens is 2. The van der Waals surface area contributed by atoms with Crippen LogP contribution in [-0.2, 0) is 16.8 Å². The molecular weight excluding hydrogens is 634 g/mol. The van der Waals surface area contributed by atoms with Crippen LogP contribution in [0.2, 0.25) is 0 Å². The fourth-order valence-corrected chi connectivity index (χ4v) is 6.17. The predicted molar refractivity (Wildman–Crippen MR) is 170 cm³/mol. The van der Waals surface area contributed by atoms with Gasteiger partial charge in [0.15, 0.2) is 6.73 Å². The third-order valence-corrected chi connectivity index (χ3v) is 9.37. The standard InChI is InChI=1S/C33H24F2N4O7S/c1-37(33(41)42)32(40)29-21-13-20(25(38(2)47(3,43)44)15-28(21)46-31(29)17-7-9-18(34)10-8-17)23-11-12-27-30(36-23)26-14-19-22(35)5-4-6-24(19)39(26)16-45-27/h4-15H,16H2,1-3H3,(H,41,42). The van der Waals surface area contributed by atoms with Crippen molar-refractivity contribution in [2.75, 3.05) is 24.7 Å². The van der Waals surface area contributed by atoms with E-state index in [1.54, 1.807) is 34.9 Å². The number of anilines is 1. The van der Waals surface area contributed by atoms with Crippen molar-refractivity contribution in [3.05, 3.63) is 90.0 Å². The van der Waals surface area contributed by atoms with Crippen molar-refractivity contribution in [2.45, 2.75) is 6.73 Å². The van der Waals surface area contributed by atoms with Crippen LogP contribution in [0.1, 0.15) is 10.4 Å². The minimum Gasteiger partial charge on any atom is -0.470 e. The third kappa shape index (κ3) is 4.84. The minimum absolute atomic E-state index is 0.0402. The van der Waals surface area contributed by atoms with Gasteiger partial charge in [-0.2, -0.15) is 0 Å². The van der Waals surface area contributed by atoms with Gasteiger partial charge in [0.25, 0.3) is 5.91 Å². The minimum atomic E-state index is -3.85. The summed E-state index contributed by atoms with van der Waals surface area (Å²) in [6.07, 6.45) is -0.503. The molecule has 3 aromatic carbocycles. The molecule has 11 nitrogen and oxygen atoms in total. The van der Waals surface area contributed by atoms with E-state index in [-0.39, 0.29) is 51.5 Å². The van der Waals surface area contributed by atoms with Gasteiger partial charge in [0, 0.05) is 42.1 Å². The van der Waals surface area contributed by atoms with E-state index in [0.29, 0.717) is 32.9 Å². The average molecular weight is 659 g/mol. The lowest BCUT2D eigenvalue weighted by Crippen LogP contribution is -2.31. The molecule has 1 N–H and O–H groups in total. The normalized spacial score (nSPS) is 12.4. The predicted octanol–water partition coefficient (Wildman–Crippen LogP) is 6.56. The molecule has 3 aromatic heterocycles. The lowest BCUT2D eigenvalue weighted by Gasteiger charge is -2.23. The molecule has 0 bridgehead atoms. The number of pyridine rings is 1. The smallest absolute Gasteiger partial charge is 0.414 e. The number of aromatic nitrogens is 2. The first kappa shape index (κ1) is 29.9. The summed E-state index contributed by atoms with van der Waals surface area (Å²) < 4.78 is 69.0. The van der Waals surface area contributed by atoms with Crippen LogP contribution < -0.4 is 9.04 Å². The molecule has 7 rings (SSSR count). The van der Waals surface area contributed by atoms with Crippen LogP contribution in [0, 0.1) is 11.6 Å². The van der Waals surface area contributed by atoms with Crippen LogP contribution in [-0.4, -0.2) is 60.3 Å². The van der Waals surface area contributed by atoms with Gasteiger partial charge in [0.05, 0.1) is 34.4 Å². The lowest BCUT2D eigenvalue weighted by molar-refractivity contribution is 0.0783. The molecule has 1 aliphatic heterocycles. The number of hydrogen-bond acceptors (Lipinski definition) is 7. The molecule has 0 fully saturated rings. The number of furan rings is 1. The number of fused-ring (bicyclic) bond motifs is 6. The van der Waals surface area contributed by atoms with E-state index in [1.165, 1.54) is 37.4 Å². The van der Waals surface area contributed by atoms with Crippen LogP contribution in [0.4, 0.5) is 19.3 Å². The van der Waals surface area contributed by atoms with Gasteiger partial charge in [-0.25, -0.2) is 31.9 Å². The van der Waals surface area contributed by atoms with Gasteiger partial charge in [-0.15, -0.1) is 0 Å². The summed E-state index contributed by atoms with van der Waals surface area (Å²) >= 11 is 0. The molecule has 4 heterocycles. The molecule has 47 heavy (non-hydrogen) atoms. The molecule has 6 aromatic rings. The SMILES string of the molecule is CN(C(=O)O)C(=O)c1c(-c2ccc(F)cc2)oc2cc(N(C)S(C)(=O)=O)c(-c3ccc4c(n3)-c3cc5c(F)cccc5n3CO4)cc12. The Balaban J connectivity index is 1.51. The monoisotopic (exact) mass is 658 g/mol. The van der Waals surface area contributed by atoms with E-state index in [2.05, 4.69) is 0 Å². The number of amides is 2. The summed E-state index contributed by atoms with van der Waals surface area (Å²) in [6, 6.07) is 17.6. The zero-order valence-electron chi connectivity index (χ0n) is 25.0. The molecule has 238 valence electrons. The van der Waals surface area contributed by atoms with Crippen molar-refractivity contribution < 1.29 is 41.0 Å². The topological polar surface area (TPSA) is 135 Å². The molecule has 14 heteroatoms. The van der Waals surface area contributed by atoms with E-state index < -0.39 is 33.7 Å². The van der Waals surface area contributed by atoms with Gasteiger partial charge >= 0.3 is 6.09 Å². The Bertz CT molecular complexity index is 2400. The van der Waals surface area contributed by atoms with Crippen molar-refractivity contribution in [3.63, 3.8) is 0 Å². The highest BCUT2D eigenvalue weighted by atomic mass is 32.2. The number of imide groups is 1. The van der Waals surface area contributed by atoms with Gasteiger partial charge in [-0.1, -0.05) is 6.07 Å². The van der Waals surface area contributed by atoms with Crippen molar-refractivity contribution in [1.29, 1.82) is 0 Å². The molecule has 0 saturated carbocycles. The number of carbonyl (C=O) groups excluding carboxylic acids is 1. The second-order valence-corrected chi connectivity index (χ2v) is 13.0. The van der Waals surface area contributed by atoms with Crippen molar-refractivity contribution in [3.8, 4) is 39.7 Å². The molecule has 0 aliphatic carbocycles. The van der Waals surface area contributed by atoms with Crippen LogP contribution in [0.15, 0.2) is 77.2 Å². The Morgan fingerprint density at radius 1 is 0.979 bits per heavy atom. The molecule has 0 spiro atoms. The first-order valence-electron chi connectivity index (χ1n) is 14.1. The van der Waals surface area contributed by atoms with Gasteiger partial charge in [-0.3, -0.25) is 9.10 Å². The highest BCUT2D eigenvalue weighted by Crippen LogP contribution is 2.44. The van der Waals surface area contributed by atoms with Crippen LogP contribution in [0.3, 0.4) is 0 Å². The van der Waals surface area contributed by atoms with E-state index in [1.807, 2.05) is 0 Å². The van der Waals surface area contributed by atoms with Crippen LogP contribution in [0.25, 0.3) is 55.8 Å². The maximum atomic E-state index is 14.7. The van der Waals surface area contributed by atoms with Crippen LogP contribution >= 0.6 is 0 Å². The highest BCUT2D eigenvalue weighted by molar-refractivity contribution is 7.92. The first-order chi connectivity index (χ1) is 22.3. The molecule has 0 atom stereocenters. The first-order valence-corrected chi connectivity index (χ1v) is 15.9. The number of benzene rings is 3. The molecular formula is C33H24F2N4O7S. The Labute approximate surface area is 265 Å². The molecule has 1 aliphatic rings. The third-order valence-electron chi connectivity index (χ3n) is 8.17. The van der Waals surface area contributed by atoms with E-state index in [4.69, 9.17) is 14.1 Å². The molecule has 0 radical (unpaired) electrons. The van der Waals surface area contributed by atoms with Gasteiger partial charge in [0.1, 0.15) is 34.4 Å². The van der Waals surface area contributed by atoms with E-state index >= 15 is 0 Å². The summed E-state index contributed by atoms with van der Waals surface area (Å²) in [6.45, 7) is 0.119. The number of hydrogen-bond donors (Lipinski definition) is 1. The Morgan fingerprint density at radius 2 is 1.72 bits per heavy atom. The maximum absolute atomic E-state index is 14.7. The van der Waals surface area contributed by atoms with E-state index in [0.717, 1.165) is 29.7 Å². The maximum Gasteiger partial charge on any atom is 0.414 e. The van der Waals surface area contributed by atoms with Crippen molar-refractivity contribution >= 4 is 49.6 Å². The number of nitrogens with zero attached hydrogens (tertiary/aromatic N) is 4. The second-order valence-electron chi connectivity index (χ2n) is 11.0.